The highest BCUT2D eigenvalue weighted by atomic mass is 16.5. The minimum Gasteiger partial charge on any atom is -0.378 e. The van der Waals surface area contributed by atoms with Crippen molar-refractivity contribution in [3.05, 3.63) is 29.8 Å². The third-order valence-electron chi connectivity index (χ3n) is 5.15. The van der Waals surface area contributed by atoms with E-state index < -0.39 is 11.9 Å². The van der Waals surface area contributed by atoms with Crippen LogP contribution >= 0.6 is 0 Å². The SMILES string of the molecule is NC(=O)C1NNC(=NC2CCNC2)N=C1Nc1ccc(C(=O)N2CCOCC2)cc1. The maximum Gasteiger partial charge on any atom is 0.254 e. The van der Waals surface area contributed by atoms with E-state index in [-0.39, 0.29) is 11.9 Å². The van der Waals surface area contributed by atoms with Gasteiger partial charge in [0.25, 0.3) is 5.91 Å². The minimum absolute atomic E-state index is 0.0275. The van der Waals surface area contributed by atoms with Crippen LogP contribution in [-0.2, 0) is 9.53 Å². The largest absolute Gasteiger partial charge is 0.378 e. The Kier molecular flexibility index (Phi) is 6.21. The number of amidine groups is 1. The van der Waals surface area contributed by atoms with E-state index in [0.717, 1.165) is 19.5 Å². The molecular weight excluding hydrogens is 388 g/mol. The topological polar surface area (TPSA) is 145 Å². The molecular formula is C19H26N8O3. The first kappa shape index (κ1) is 20.3. The van der Waals surface area contributed by atoms with Crippen molar-refractivity contribution in [1.29, 1.82) is 0 Å². The second kappa shape index (κ2) is 9.20. The summed E-state index contributed by atoms with van der Waals surface area (Å²) in [6.45, 7) is 4.01. The van der Waals surface area contributed by atoms with Crippen LogP contribution in [0.25, 0.3) is 0 Å². The van der Waals surface area contributed by atoms with Gasteiger partial charge in [-0.25, -0.2) is 10.4 Å². The first-order valence-corrected chi connectivity index (χ1v) is 10.0. The number of morpholine rings is 1. The van der Waals surface area contributed by atoms with Gasteiger partial charge in [-0.1, -0.05) is 0 Å². The van der Waals surface area contributed by atoms with Gasteiger partial charge in [0.05, 0.1) is 19.3 Å². The summed E-state index contributed by atoms with van der Waals surface area (Å²) in [6, 6.07) is 6.33. The van der Waals surface area contributed by atoms with Crippen LogP contribution in [0, 0.1) is 0 Å². The molecule has 3 heterocycles. The molecule has 160 valence electrons. The van der Waals surface area contributed by atoms with Crippen LogP contribution < -0.4 is 27.2 Å². The number of guanidine groups is 1. The Balaban J connectivity index is 1.47. The summed E-state index contributed by atoms with van der Waals surface area (Å²) < 4.78 is 5.29. The lowest BCUT2D eigenvalue weighted by Gasteiger charge is -2.27. The smallest absolute Gasteiger partial charge is 0.254 e. The number of primary amides is 1. The maximum atomic E-state index is 12.6. The van der Waals surface area contributed by atoms with Crippen molar-refractivity contribution in [2.24, 2.45) is 15.7 Å². The van der Waals surface area contributed by atoms with Gasteiger partial charge in [0, 0.05) is 30.9 Å². The normalized spacial score (nSPS) is 25.5. The molecule has 0 aliphatic carbocycles. The van der Waals surface area contributed by atoms with E-state index in [1.54, 1.807) is 29.2 Å². The number of nitrogens with zero attached hydrogens (tertiary/aromatic N) is 3. The zero-order valence-corrected chi connectivity index (χ0v) is 16.6. The number of carbonyl (C=O) groups is 2. The molecule has 2 fully saturated rings. The van der Waals surface area contributed by atoms with Gasteiger partial charge >= 0.3 is 0 Å². The number of ether oxygens (including phenoxy) is 1. The van der Waals surface area contributed by atoms with Gasteiger partial charge in [0.2, 0.25) is 11.9 Å². The third-order valence-corrected chi connectivity index (χ3v) is 5.15. The lowest BCUT2D eigenvalue weighted by Crippen LogP contribution is -2.59. The van der Waals surface area contributed by atoms with Crippen LogP contribution in [-0.4, -0.2) is 80.0 Å². The number of nitrogens with two attached hydrogens (primary N) is 1. The molecule has 0 saturated carbocycles. The highest BCUT2D eigenvalue weighted by Crippen LogP contribution is 2.14. The Labute approximate surface area is 174 Å². The van der Waals surface area contributed by atoms with Crippen molar-refractivity contribution < 1.29 is 14.3 Å². The number of benzene rings is 1. The van der Waals surface area contributed by atoms with E-state index >= 15 is 0 Å². The van der Waals surface area contributed by atoms with E-state index in [4.69, 9.17) is 10.5 Å². The quantitative estimate of drug-likeness (QED) is 0.409. The predicted octanol–water partition coefficient (Wildman–Crippen LogP) is -1.35. The van der Waals surface area contributed by atoms with Gasteiger partial charge in [0.1, 0.15) is 5.84 Å². The molecule has 0 bridgehead atoms. The number of hydrazine groups is 1. The van der Waals surface area contributed by atoms with Crippen molar-refractivity contribution in [2.45, 2.75) is 18.5 Å². The molecule has 0 spiro atoms. The number of nitrogens with one attached hydrogen (secondary N) is 4. The lowest BCUT2D eigenvalue weighted by atomic mass is 10.1. The number of anilines is 1. The number of amides is 2. The van der Waals surface area contributed by atoms with Crippen LogP contribution in [0.15, 0.2) is 34.3 Å². The molecule has 1 aromatic rings. The zero-order chi connectivity index (χ0) is 20.9. The molecule has 11 heteroatoms. The van der Waals surface area contributed by atoms with Crippen LogP contribution in [0.4, 0.5) is 5.69 Å². The van der Waals surface area contributed by atoms with Gasteiger partial charge in [-0.15, -0.1) is 0 Å². The summed E-state index contributed by atoms with van der Waals surface area (Å²) in [5, 5.41) is 6.36. The maximum absolute atomic E-state index is 12.6. The minimum atomic E-state index is -0.833. The van der Waals surface area contributed by atoms with Gasteiger partial charge < -0.3 is 26.0 Å². The molecule has 3 aliphatic heterocycles. The summed E-state index contributed by atoms with van der Waals surface area (Å²) >= 11 is 0. The van der Waals surface area contributed by atoms with Gasteiger partial charge in [-0.3, -0.25) is 15.0 Å². The summed E-state index contributed by atoms with van der Waals surface area (Å²) in [5.74, 6) is 0.135. The van der Waals surface area contributed by atoms with Crippen molar-refractivity contribution in [1.82, 2.24) is 21.1 Å². The van der Waals surface area contributed by atoms with Crippen LogP contribution in [0.3, 0.4) is 0 Å². The molecule has 2 atom stereocenters. The molecule has 11 nitrogen and oxygen atoms in total. The van der Waals surface area contributed by atoms with Crippen molar-refractivity contribution in [3.63, 3.8) is 0 Å². The van der Waals surface area contributed by atoms with Gasteiger partial charge in [-0.05, 0) is 37.2 Å². The Morgan fingerprint density at radius 1 is 1.23 bits per heavy atom. The monoisotopic (exact) mass is 414 g/mol. The first-order chi connectivity index (χ1) is 14.6. The van der Waals surface area contributed by atoms with E-state index in [2.05, 4.69) is 31.5 Å². The average molecular weight is 414 g/mol. The van der Waals surface area contributed by atoms with E-state index in [0.29, 0.717) is 49.3 Å². The molecule has 0 aromatic heterocycles. The highest BCUT2D eigenvalue weighted by molar-refractivity contribution is 6.17. The summed E-state index contributed by atoms with van der Waals surface area (Å²) in [4.78, 5) is 35.2. The molecule has 30 heavy (non-hydrogen) atoms. The molecule has 2 unspecified atom stereocenters. The number of aliphatic imine (C=N–C) groups is 2. The summed E-state index contributed by atoms with van der Waals surface area (Å²) in [5.41, 5.74) is 12.5. The van der Waals surface area contributed by atoms with Crippen molar-refractivity contribution in [2.75, 3.05) is 44.7 Å². The number of carbonyl (C=O) groups excluding carboxylic acids is 2. The molecule has 4 rings (SSSR count). The second-order valence-electron chi connectivity index (χ2n) is 7.31. The van der Waals surface area contributed by atoms with Crippen molar-refractivity contribution in [3.8, 4) is 0 Å². The van der Waals surface area contributed by atoms with Crippen LogP contribution in [0.5, 0.6) is 0 Å². The van der Waals surface area contributed by atoms with Gasteiger partial charge in [-0.2, -0.15) is 4.99 Å². The fraction of sp³-hybridized carbons (Fsp3) is 0.474. The van der Waals surface area contributed by atoms with Crippen molar-refractivity contribution >= 4 is 29.3 Å². The fourth-order valence-electron chi connectivity index (χ4n) is 3.49. The summed E-state index contributed by atoms with van der Waals surface area (Å²) in [7, 11) is 0. The highest BCUT2D eigenvalue weighted by Gasteiger charge is 2.28. The second-order valence-corrected chi connectivity index (χ2v) is 7.31. The Hall–Kier alpha value is -3.02. The fourth-order valence-corrected chi connectivity index (χ4v) is 3.49. The molecule has 0 radical (unpaired) electrons. The Bertz CT molecular complexity index is 842. The van der Waals surface area contributed by atoms with Gasteiger partial charge in [0.15, 0.2) is 6.04 Å². The number of hydrogen-bond donors (Lipinski definition) is 5. The molecule has 3 aliphatic rings. The first-order valence-electron chi connectivity index (χ1n) is 10.0. The molecule has 2 saturated heterocycles. The van der Waals surface area contributed by atoms with E-state index in [1.807, 2.05) is 0 Å². The third kappa shape index (κ3) is 4.75. The van der Waals surface area contributed by atoms with Crippen LogP contribution in [0.1, 0.15) is 16.8 Å². The van der Waals surface area contributed by atoms with Crippen LogP contribution in [0.2, 0.25) is 0 Å². The summed E-state index contributed by atoms with van der Waals surface area (Å²) in [6.07, 6.45) is 0.932. The lowest BCUT2D eigenvalue weighted by molar-refractivity contribution is -0.118. The number of rotatable bonds is 4. The molecule has 2 amide bonds. The molecule has 1 aromatic carbocycles. The predicted molar refractivity (Wildman–Crippen MR) is 112 cm³/mol. The number of hydrogen-bond acceptors (Lipinski definition) is 7. The van der Waals surface area contributed by atoms with E-state index in [1.165, 1.54) is 0 Å². The Morgan fingerprint density at radius 2 is 2.00 bits per heavy atom. The Morgan fingerprint density at radius 3 is 2.67 bits per heavy atom. The standard InChI is InChI=1S/C19H26N8O3/c20-16(28)15-17(24-19(26-25-15)23-14-5-6-21-11-14)22-13-3-1-12(2-4-13)18(29)27-7-9-30-10-8-27/h1-4,14-15,21,25H,5-11H2,(H2,20,28)(H2,22,23,24,26). The zero-order valence-electron chi connectivity index (χ0n) is 16.6. The average Bonchev–Trinajstić information content (AvgIpc) is 3.27. The molecule has 6 N–H and O–H groups in total. The van der Waals surface area contributed by atoms with E-state index in [9.17, 15) is 9.59 Å².